The minimum atomic E-state index is -0.580. The van der Waals surface area contributed by atoms with Crippen LogP contribution < -0.4 is 5.32 Å². The van der Waals surface area contributed by atoms with Crippen LogP contribution in [0.25, 0.3) is 9.40 Å². The number of hydrogen-bond donors (Lipinski definition) is 1. The smallest absolute Gasteiger partial charge is 0.413 e. The second-order valence-corrected chi connectivity index (χ2v) is 11.6. The fraction of sp³-hybridized carbons (Fsp3) is 0.345. The number of amides is 1. The molecule has 1 aromatic carbocycles. The topological polar surface area (TPSA) is 101 Å². The first kappa shape index (κ1) is 27.9. The number of benzene rings is 1. The SMILES string of the molecule is COCC(COC(=O)C1(c2cc3sc(C#Cc4cnn(C)c4NC(=O)OCc4ccccc4)cc3s2)CC1)OC. The van der Waals surface area contributed by atoms with Crippen LogP contribution in [-0.4, -0.2) is 55.4 Å². The fourth-order valence-electron chi connectivity index (χ4n) is 4.15. The molecule has 9 nitrogen and oxygen atoms in total. The van der Waals surface area contributed by atoms with Gasteiger partial charge >= 0.3 is 12.1 Å². The summed E-state index contributed by atoms with van der Waals surface area (Å²) < 4.78 is 25.0. The number of aromatic nitrogens is 2. The zero-order valence-corrected chi connectivity index (χ0v) is 24.0. The third kappa shape index (κ3) is 6.21. The molecule has 0 bridgehead atoms. The van der Waals surface area contributed by atoms with Gasteiger partial charge in [0.15, 0.2) is 0 Å². The van der Waals surface area contributed by atoms with Gasteiger partial charge in [0.2, 0.25) is 0 Å². The van der Waals surface area contributed by atoms with E-state index in [1.807, 2.05) is 36.4 Å². The Hall–Kier alpha value is -3.69. The molecule has 1 unspecified atom stereocenters. The molecule has 208 valence electrons. The van der Waals surface area contributed by atoms with Gasteiger partial charge in [-0.1, -0.05) is 42.2 Å². The number of ether oxygens (including phenoxy) is 4. The predicted molar refractivity (Wildman–Crippen MR) is 154 cm³/mol. The second-order valence-electron chi connectivity index (χ2n) is 9.41. The van der Waals surface area contributed by atoms with Gasteiger partial charge in [-0.25, -0.2) is 4.79 Å². The molecule has 11 heteroatoms. The lowest BCUT2D eigenvalue weighted by Crippen LogP contribution is -2.29. The molecule has 5 rings (SSSR count). The molecule has 0 radical (unpaired) electrons. The Labute approximate surface area is 240 Å². The molecule has 1 amide bonds. The zero-order chi connectivity index (χ0) is 28.1. The van der Waals surface area contributed by atoms with Crippen molar-refractivity contribution in [1.29, 1.82) is 0 Å². The fourth-order valence-corrected chi connectivity index (χ4v) is 6.63. The van der Waals surface area contributed by atoms with E-state index >= 15 is 0 Å². The molecule has 1 aliphatic carbocycles. The van der Waals surface area contributed by atoms with Crippen LogP contribution in [0.4, 0.5) is 10.6 Å². The molecule has 3 heterocycles. The van der Waals surface area contributed by atoms with E-state index in [4.69, 9.17) is 18.9 Å². The Morgan fingerprint density at radius 1 is 1.07 bits per heavy atom. The van der Waals surface area contributed by atoms with Crippen LogP contribution in [0, 0.1) is 11.8 Å². The van der Waals surface area contributed by atoms with Gasteiger partial charge in [0.05, 0.1) is 23.2 Å². The lowest BCUT2D eigenvalue weighted by Gasteiger charge is -2.17. The molecule has 1 saturated carbocycles. The highest BCUT2D eigenvalue weighted by atomic mass is 32.1. The van der Waals surface area contributed by atoms with Crippen LogP contribution in [0.1, 0.15) is 33.7 Å². The number of aryl methyl sites for hydroxylation is 1. The highest BCUT2D eigenvalue weighted by Crippen LogP contribution is 2.53. The van der Waals surface area contributed by atoms with E-state index in [-0.39, 0.29) is 25.3 Å². The number of carbonyl (C=O) groups excluding carboxylic acids is 2. The van der Waals surface area contributed by atoms with E-state index < -0.39 is 11.5 Å². The Kier molecular flexibility index (Phi) is 8.52. The average molecular weight is 580 g/mol. The van der Waals surface area contributed by atoms with Crippen molar-refractivity contribution in [3.63, 3.8) is 0 Å². The molecule has 40 heavy (non-hydrogen) atoms. The van der Waals surface area contributed by atoms with Crippen molar-refractivity contribution in [1.82, 2.24) is 9.78 Å². The number of nitrogens with one attached hydrogen (secondary N) is 1. The first-order valence-electron chi connectivity index (χ1n) is 12.7. The summed E-state index contributed by atoms with van der Waals surface area (Å²) in [5.41, 5.74) is 0.917. The summed E-state index contributed by atoms with van der Waals surface area (Å²) in [4.78, 5) is 27.2. The van der Waals surface area contributed by atoms with Crippen molar-refractivity contribution in [2.24, 2.45) is 7.05 Å². The molecule has 0 saturated heterocycles. The van der Waals surface area contributed by atoms with E-state index in [0.29, 0.717) is 18.0 Å². The van der Waals surface area contributed by atoms with Crippen molar-refractivity contribution < 1.29 is 28.5 Å². The first-order valence-corrected chi connectivity index (χ1v) is 14.3. The molecular weight excluding hydrogens is 550 g/mol. The third-order valence-corrected chi connectivity index (χ3v) is 9.01. The summed E-state index contributed by atoms with van der Waals surface area (Å²) in [6.45, 7) is 0.699. The van der Waals surface area contributed by atoms with Crippen LogP contribution in [0.15, 0.2) is 48.7 Å². The van der Waals surface area contributed by atoms with Gasteiger partial charge in [-0.2, -0.15) is 5.10 Å². The summed E-state index contributed by atoms with van der Waals surface area (Å²) in [6.07, 6.45) is 2.30. The van der Waals surface area contributed by atoms with Crippen molar-refractivity contribution in [3.05, 3.63) is 69.5 Å². The highest BCUT2D eigenvalue weighted by molar-refractivity contribution is 7.28. The second kappa shape index (κ2) is 12.2. The number of hydrogen-bond acceptors (Lipinski definition) is 9. The van der Waals surface area contributed by atoms with Gasteiger partial charge in [-0.3, -0.25) is 14.8 Å². The summed E-state index contributed by atoms with van der Waals surface area (Å²) in [6, 6.07) is 13.6. The van der Waals surface area contributed by atoms with Crippen LogP contribution >= 0.6 is 22.7 Å². The van der Waals surface area contributed by atoms with Crippen molar-refractivity contribution in [3.8, 4) is 11.8 Å². The number of carbonyl (C=O) groups is 2. The predicted octanol–water partition coefficient (Wildman–Crippen LogP) is 5.08. The number of esters is 1. The number of methoxy groups -OCH3 is 2. The Bertz CT molecular complexity index is 1530. The number of thiophene rings is 2. The zero-order valence-electron chi connectivity index (χ0n) is 22.4. The Balaban J connectivity index is 1.23. The van der Waals surface area contributed by atoms with E-state index in [9.17, 15) is 9.59 Å². The van der Waals surface area contributed by atoms with Gasteiger partial charge in [-0.05, 0) is 30.5 Å². The molecule has 3 aromatic heterocycles. The first-order chi connectivity index (χ1) is 19.4. The van der Waals surface area contributed by atoms with Crippen LogP contribution in [0.2, 0.25) is 0 Å². The van der Waals surface area contributed by atoms with Gasteiger partial charge in [0.1, 0.15) is 30.6 Å². The van der Waals surface area contributed by atoms with Crippen molar-refractivity contribution >= 4 is 50.0 Å². The van der Waals surface area contributed by atoms with E-state index in [1.165, 1.54) is 0 Å². The number of nitrogens with zero attached hydrogens (tertiary/aromatic N) is 2. The monoisotopic (exact) mass is 579 g/mol. The summed E-state index contributed by atoms with van der Waals surface area (Å²) >= 11 is 3.17. The number of rotatable bonds is 10. The van der Waals surface area contributed by atoms with Crippen LogP contribution in [0.5, 0.6) is 0 Å². The summed E-state index contributed by atoms with van der Waals surface area (Å²) in [7, 11) is 4.89. The van der Waals surface area contributed by atoms with Gasteiger partial charge < -0.3 is 18.9 Å². The van der Waals surface area contributed by atoms with Crippen molar-refractivity contribution in [2.75, 3.05) is 32.8 Å². The van der Waals surface area contributed by atoms with E-state index in [1.54, 1.807) is 54.8 Å². The maximum atomic E-state index is 12.9. The Morgan fingerprint density at radius 2 is 1.85 bits per heavy atom. The molecule has 0 spiro atoms. The van der Waals surface area contributed by atoms with Crippen LogP contribution in [0.3, 0.4) is 0 Å². The molecule has 1 atom stereocenters. The summed E-state index contributed by atoms with van der Waals surface area (Å²) in [5.74, 6) is 6.55. The third-order valence-electron chi connectivity index (χ3n) is 6.60. The lowest BCUT2D eigenvalue weighted by molar-refractivity contribution is -0.151. The number of anilines is 1. The minimum absolute atomic E-state index is 0.167. The molecular formula is C29H29N3O6S2. The van der Waals surface area contributed by atoms with E-state index in [0.717, 1.165) is 37.6 Å². The minimum Gasteiger partial charge on any atom is -0.462 e. The molecule has 0 aliphatic heterocycles. The Morgan fingerprint density at radius 3 is 2.55 bits per heavy atom. The quantitative estimate of drug-likeness (QED) is 0.207. The van der Waals surface area contributed by atoms with Gasteiger partial charge in [-0.15, -0.1) is 22.7 Å². The van der Waals surface area contributed by atoms with Gasteiger partial charge in [0.25, 0.3) is 0 Å². The standard InChI is InChI=1S/C29H29N3O6S2/c1-32-26(31-28(34)38-16-19-7-5-4-6-8-19)20(15-30-32)9-10-22-13-23-24(39-22)14-25(40-23)29(11-12-29)27(33)37-18-21(36-3)17-35-2/h4-8,13-15,21H,11-12,16-18H2,1-3H3,(H,31,34). The van der Waals surface area contributed by atoms with Gasteiger partial charge in [0, 0.05) is 35.5 Å². The molecule has 1 N–H and O–H groups in total. The summed E-state index contributed by atoms with van der Waals surface area (Å²) in [5, 5.41) is 6.97. The van der Waals surface area contributed by atoms with Crippen LogP contribution in [-0.2, 0) is 42.8 Å². The molecule has 1 fully saturated rings. The highest BCUT2D eigenvalue weighted by Gasteiger charge is 2.54. The van der Waals surface area contributed by atoms with E-state index in [2.05, 4.69) is 28.3 Å². The lowest BCUT2D eigenvalue weighted by atomic mass is 10.1. The number of fused-ring (bicyclic) bond motifs is 1. The maximum Gasteiger partial charge on any atom is 0.413 e. The molecule has 4 aromatic rings. The van der Waals surface area contributed by atoms with Crippen molar-refractivity contribution in [2.45, 2.75) is 31.0 Å². The molecule has 1 aliphatic rings. The average Bonchev–Trinajstić information content (AvgIpc) is 3.38. The normalized spacial score (nSPS) is 14.3. The largest absolute Gasteiger partial charge is 0.462 e. The maximum absolute atomic E-state index is 12.9.